The van der Waals surface area contributed by atoms with E-state index in [-0.39, 0.29) is 29.5 Å². The second-order valence-electron chi connectivity index (χ2n) is 6.79. The molecule has 0 radical (unpaired) electrons. The Balaban J connectivity index is 0.00000625. The van der Waals surface area contributed by atoms with Gasteiger partial charge in [0.1, 0.15) is 5.75 Å². The summed E-state index contributed by atoms with van der Waals surface area (Å²) < 4.78 is 10.8. The fourth-order valence-electron chi connectivity index (χ4n) is 2.10. The molecule has 0 unspecified atom stereocenters. The van der Waals surface area contributed by atoms with Crippen LogP contribution in [0, 0.1) is 0 Å². The predicted molar refractivity (Wildman–Crippen MR) is 121 cm³/mol. The van der Waals surface area contributed by atoms with Gasteiger partial charge in [-0.05, 0) is 39.8 Å². The lowest BCUT2D eigenvalue weighted by Crippen LogP contribution is -2.38. The van der Waals surface area contributed by atoms with Gasteiger partial charge in [-0.2, -0.15) is 0 Å². The van der Waals surface area contributed by atoms with Crippen molar-refractivity contribution < 1.29 is 9.47 Å². The highest BCUT2D eigenvalue weighted by molar-refractivity contribution is 14.0. The van der Waals surface area contributed by atoms with E-state index in [0.29, 0.717) is 19.8 Å². The van der Waals surface area contributed by atoms with Gasteiger partial charge in [0.25, 0.3) is 0 Å². The topological polar surface area (TPSA) is 66.9 Å². The van der Waals surface area contributed by atoms with Crippen LogP contribution in [0.2, 0.25) is 0 Å². The van der Waals surface area contributed by atoms with Crippen molar-refractivity contribution in [2.45, 2.75) is 39.7 Å². The number of nitrogens with one attached hydrogen (secondary N) is 3. The summed E-state index contributed by atoms with van der Waals surface area (Å²) in [5.74, 6) is 1.61. The van der Waals surface area contributed by atoms with Gasteiger partial charge in [-0.25, -0.2) is 0 Å². The van der Waals surface area contributed by atoms with Crippen LogP contribution < -0.4 is 20.7 Å². The van der Waals surface area contributed by atoms with Gasteiger partial charge in [0, 0.05) is 50.5 Å². The number of ether oxygens (including phenoxy) is 2. The zero-order valence-corrected chi connectivity index (χ0v) is 19.1. The summed E-state index contributed by atoms with van der Waals surface area (Å²) in [6.45, 7) is 12.2. The number of nitrogens with zero attached hydrogens (tertiary/aromatic N) is 1. The van der Waals surface area contributed by atoms with E-state index in [1.54, 1.807) is 7.11 Å². The van der Waals surface area contributed by atoms with Crippen molar-refractivity contribution in [1.29, 1.82) is 0 Å². The van der Waals surface area contributed by atoms with Crippen LogP contribution in [0.3, 0.4) is 0 Å². The monoisotopic (exact) mass is 478 g/mol. The summed E-state index contributed by atoms with van der Waals surface area (Å²) in [5.41, 5.74) is 1.06. The first-order valence-corrected chi connectivity index (χ1v) is 8.97. The van der Waals surface area contributed by atoms with Gasteiger partial charge in [0.15, 0.2) is 5.96 Å². The van der Waals surface area contributed by atoms with E-state index >= 15 is 0 Å². The Hall–Kier alpha value is -1.06. The molecule has 0 aliphatic rings. The summed E-state index contributed by atoms with van der Waals surface area (Å²) in [5, 5.41) is 10.0. The standard InChI is InChI=1S/C19H34N4O2.HI/c1-6-20-18(21-11-12-22-19(2,3)4)23-16-9-7-10-17(15-16)25-14-8-13-24-5;/h7,9-10,15,22H,6,8,11-14H2,1-5H3,(H2,20,21,23);1H. The van der Waals surface area contributed by atoms with Crippen LogP contribution in [0.5, 0.6) is 5.75 Å². The molecule has 26 heavy (non-hydrogen) atoms. The van der Waals surface area contributed by atoms with Gasteiger partial charge in [-0.1, -0.05) is 6.07 Å². The second kappa shape index (κ2) is 14.1. The molecule has 0 spiro atoms. The SMILES string of the molecule is CCNC(=NCCNC(C)(C)C)Nc1cccc(OCCCOC)c1.I. The maximum Gasteiger partial charge on any atom is 0.195 e. The minimum atomic E-state index is 0. The first-order chi connectivity index (χ1) is 11.9. The van der Waals surface area contributed by atoms with E-state index in [1.165, 1.54) is 0 Å². The second-order valence-corrected chi connectivity index (χ2v) is 6.79. The molecule has 0 aliphatic heterocycles. The molecule has 1 rings (SSSR count). The molecule has 7 heteroatoms. The van der Waals surface area contributed by atoms with Gasteiger partial charge in [0.05, 0.1) is 13.2 Å². The smallest absolute Gasteiger partial charge is 0.195 e. The van der Waals surface area contributed by atoms with Crippen molar-refractivity contribution in [3.05, 3.63) is 24.3 Å². The molecule has 0 heterocycles. The molecule has 1 aromatic rings. The summed E-state index contributed by atoms with van der Waals surface area (Å²) in [6.07, 6.45) is 0.874. The van der Waals surface area contributed by atoms with Gasteiger partial charge >= 0.3 is 0 Å². The number of aliphatic imine (C=N–C) groups is 1. The van der Waals surface area contributed by atoms with Crippen molar-refractivity contribution in [2.24, 2.45) is 4.99 Å². The number of anilines is 1. The molecule has 0 amide bonds. The summed E-state index contributed by atoms with van der Waals surface area (Å²) in [6, 6.07) is 7.91. The highest BCUT2D eigenvalue weighted by Gasteiger charge is 2.07. The van der Waals surface area contributed by atoms with E-state index < -0.39 is 0 Å². The quantitative estimate of drug-likeness (QED) is 0.208. The lowest BCUT2D eigenvalue weighted by Gasteiger charge is -2.20. The van der Waals surface area contributed by atoms with E-state index in [0.717, 1.165) is 36.9 Å². The maximum absolute atomic E-state index is 5.74. The third-order valence-corrected chi connectivity index (χ3v) is 3.24. The van der Waals surface area contributed by atoms with Crippen LogP contribution in [0.15, 0.2) is 29.3 Å². The summed E-state index contributed by atoms with van der Waals surface area (Å²) in [4.78, 5) is 4.60. The Morgan fingerprint density at radius 1 is 1.19 bits per heavy atom. The lowest BCUT2D eigenvalue weighted by molar-refractivity contribution is 0.172. The van der Waals surface area contributed by atoms with Crippen LogP contribution >= 0.6 is 24.0 Å². The number of halogens is 1. The number of benzene rings is 1. The van der Waals surface area contributed by atoms with E-state index in [1.807, 2.05) is 24.3 Å². The molecule has 3 N–H and O–H groups in total. The van der Waals surface area contributed by atoms with Crippen molar-refractivity contribution in [2.75, 3.05) is 45.3 Å². The number of hydrogen-bond acceptors (Lipinski definition) is 4. The fourth-order valence-corrected chi connectivity index (χ4v) is 2.10. The van der Waals surface area contributed by atoms with Crippen molar-refractivity contribution >= 4 is 35.6 Å². The molecule has 6 nitrogen and oxygen atoms in total. The molecule has 0 fully saturated rings. The molecule has 0 saturated carbocycles. The third-order valence-electron chi connectivity index (χ3n) is 3.24. The Morgan fingerprint density at radius 2 is 1.96 bits per heavy atom. The average Bonchev–Trinajstić information content (AvgIpc) is 2.55. The van der Waals surface area contributed by atoms with Crippen LogP contribution in [0.1, 0.15) is 34.1 Å². The third kappa shape index (κ3) is 12.3. The van der Waals surface area contributed by atoms with Gasteiger partial charge in [-0.15, -0.1) is 24.0 Å². The number of methoxy groups -OCH3 is 1. The van der Waals surface area contributed by atoms with Crippen LogP contribution in [-0.2, 0) is 4.74 Å². The Morgan fingerprint density at radius 3 is 2.62 bits per heavy atom. The zero-order chi connectivity index (χ0) is 18.5. The fraction of sp³-hybridized carbons (Fsp3) is 0.632. The molecule has 0 atom stereocenters. The van der Waals surface area contributed by atoms with Gasteiger partial charge < -0.3 is 25.4 Å². The molecular weight excluding hydrogens is 443 g/mol. The van der Waals surface area contributed by atoms with Crippen molar-refractivity contribution in [3.63, 3.8) is 0 Å². The van der Waals surface area contributed by atoms with E-state index in [2.05, 4.69) is 48.6 Å². The summed E-state index contributed by atoms with van der Waals surface area (Å²) >= 11 is 0. The Bertz CT molecular complexity index is 519. The largest absolute Gasteiger partial charge is 0.493 e. The molecule has 0 aliphatic carbocycles. The van der Waals surface area contributed by atoms with E-state index in [4.69, 9.17) is 9.47 Å². The van der Waals surface area contributed by atoms with Crippen molar-refractivity contribution in [1.82, 2.24) is 10.6 Å². The summed E-state index contributed by atoms with van der Waals surface area (Å²) in [7, 11) is 1.70. The molecule has 1 aromatic carbocycles. The minimum absolute atomic E-state index is 0. The normalized spacial score (nSPS) is 11.7. The first kappa shape index (κ1) is 24.9. The predicted octanol–water partition coefficient (Wildman–Crippen LogP) is 3.49. The molecule has 0 aromatic heterocycles. The number of guanidine groups is 1. The van der Waals surface area contributed by atoms with Crippen LogP contribution in [0.4, 0.5) is 5.69 Å². The number of rotatable bonds is 10. The Kier molecular flexibility index (Phi) is 13.5. The van der Waals surface area contributed by atoms with Gasteiger partial charge in [-0.3, -0.25) is 4.99 Å². The minimum Gasteiger partial charge on any atom is -0.493 e. The number of hydrogen-bond donors (Lipinski definition) is 3. The highest BCUT2D eigenvalue weighted by Crippen LogP contribution is 2.17. The van der Waals surface area contributed by atoms with Crippen LogP contribution in [-0.4, -0.2) is 51.5 Å². The van der Waals surface area contributed by atoms with E-state index in [9.17, 15) is 0 Å². The van der Waals surface area contributed by atoms with Crippen LogP contribution in [0.25, 0.3) is 0 Å². The molecule has 0 saturated heterocycles. The highest BCUT2D eigenvalue weighted by atomic mass is 127. The first-order valence-electron chi connectivity index (χ1n) is 8.97. The Labute approximate surface area is 175 Å². The average molecular weight is 478 g/mol. The lowest BCUT2D eigenvalue weighted by atomic mass is 10.1. The molecular formula is C19H35IN4O2. The molecule has 0 bridgehead atoms. The zero-order valence-electron chi connectivity index (χ0n) is 16.7. The molecule has 150 valence electrons. The maximum atomic E-state index is 5.74. The van der Waals surface area contributed by atoms with Gasteiger partial charge in [0.2, 0.25) is 0 Å². The van der Waals surface area contributed by atoms with Crippen molar-refractivity contribution in [3.8, 4) is 5.75 Å².